The number of rotatable bonds is 4. The van der Waals surface area contributed by atoms with E-state index in [1.807, 2.05) is 36.4 Å². The summed E-state index contributed by atoms with van der Waals surface area (Å²) in [6.07, 6.45) is 5.75. The highest BCUT2D eigenvalue weighted by atomic mass is 16.5. The fourth-order valence-electron chi connectivity index (χ4n) is 3.93. The molecule has 0 radical (unpaired) electrons. The lowest BCUT2D eigenvalue weighted by molar-refractivity contribution is 0.110. The van der Waals surface area contributed by atoms with Gasteiger partial charge in [-0.15, -0.1) is 0 Å². The minimum absolute atomic E-state index is 0.181. The monoisotopic (exact) mass is 381 g/mol. The predicted molar refractivity (Wildman–Crippen MR) is 109 cm³/mol. The Labute approximate surface area is 163 Å². The molecule has 1 atom stereocenters. The number of phenols is 1. The minimum atomic E-state index is -0.281. The van der Waals surface area contributed by atoms with E-state index < -0.39 is 0 Å². The van der Waals surface area contributed by atoms with Crippen LogP contribution in [0.15, 0.2) is 47.9 Å². The van der Waals surface area contributed by atoms with Crippen LogP contribution in [-0.2, 0) is 9.47 Å². The van der Waals surface area contributed by atoms with Crippen molar-refractivity contribution in [3.63, 3.8) is 0 Å². The largest absolute Gasteiger partial charge is 0.507 e. The first-order valence-corrected chi connectivity index (χ1v) is 8.89. The molecule has 28 heavy (non-hydrogen) atoms. The van der Waals surface area contributed by atoms with Gasteiger partial charge in [-0.25, -0.2) is 0 Å². The lowest BCUT2D eigenvalue weighted by Gasteiger charge is -2.32. The molecule has 0 aromatic heterocycles. The zero-order chi connectivity index (χ0) is 20.0. The van der Waals surface area contributed by atoms with Gasteiger partial charge in [0.15, 0.2) is 11.5 Å². The molecule has 2 aliphatic rings. The summed E-state index contributed by atoms with van der Waals surface area (Å²) in [5, 5.41) is 12.4. The number of hydrogen-bond donors (Lipinski definition) is 1. The summed E-state index contributed by atoms with van der Waals surface area (Å²) in [7, 11) is 8.45. The Balaban J connectivity index is 2.01. The quantitative estimate of drug-likeness (QED) is 0.868. The SMILES string of the molecule is COC1=CC2=CN(C)c3c(cc(O)c4cc(OC)c(OC)cc34)C2=CC1OC. The maximum atomic E-state index is 10.8. The summed E-state index contributed by atoms with van der Waals surface area (Å²) in [5.41, 5.74) is 3.89. The fraction of sp³-hybridized carbons (Fsp3) is 0.273. The molecule has 0 bridgehead atoms. The van der Waals surface area contributed by atoms with Crippen molar-refractivity contribution in [3.05, 3.63) is 53.4 Å². The Kier molecular flexibility index (Phi) is 4.43. The molecule has 6 nitrogen and oxygen atoms in total. The summed E-state index contributed by atoms with van der Waals surface area (Å²) < 4.78 is 21.9. The maximum Gasteiger partial charge on any atom is 0.161 e. The van der Waals surface area contributed by atoms with E-state index in [1.165, 1.54) is 0 Å². The van der Waals surface area contributed by atoms with Crippen LogP contribution in [0, 0.1) is 0 Å². The molecule has 1 aliphatic heterocycles. The second-order valence-electron chi connectivity index (χ2n) is 6.73. The Morgan fingerprint density at radius 2 is 1.61 bits per heavy atom. The van der Waals surface area contributed by atoms with Crippen LogP contribution in [0.3, 0.4) is 0 Å². The van der Waals surface area contributed by atoms with Crippen LogP contribution in [0.1, 0.15) is 5.56 Å². The van der Waals surface area contributed by atoms with Gasteiger partial charge >= 0.3 is 0 Å². The first-order chi connectivity index (χ1) is 13.5. The highest BCUT2D eigenvalue weighted by Crippen LogP contribution is 2.48. The molecule has 4 rings (SSSR count). The third kappa shape index (κ3) is 2.60. The number of ether oxygens (including phenoxy) is 4. The number of benzene rings is 2. The molecule has 0 saturated carbocycles. The van der Waals surface area contributed by atoms with Gasteiger partial charge in [0.2, 0.25) is 0 Å². The van der Waals surface area contributed by atoms with E-state index in [1.54, 1.807) is 40.6 Å². The van der Waals surface area contributed by atoms with Crippen molar-refractivity contribution in [2.45, 2.75) is 6.10 Å². The average Bonchev–Trinajstić information content (AvgIpc) is 2.71. The van der Waals surface area contributed by atoms with Crippen LogP contribution in [0.4, 0.5) is 5.69 Å². The van der Waals surface area contributed by atoms with Crippen molar-refractivity contribution < 1.29 is 24.1 Å². The smallest absolute Gasteiger partial charge is 0.161 e. The number of phenolic OH excluding ortho intramolecular Hbond substituents is 1. The van der Waals surface area contributed by atoms with Gasteiger partial charge in [-0.2, -0.15) is 0 Å². The lowest BCUT2D eigenvalue weighted by Crippen LogP contribution is -2.22. The maximum absolute atomic E-state index is 10.8. The number of anilines is 1. The van der Waals surface area contributed by atoms with Crippen molar-refractivity contribution in [1.82, 2.24) is 0 Å². The van der Waals surface area contributed by atoms with Crippen LogP contribution in [0.2, 0.25) is 0 Å². The van der Waals surface area contributed by atoms with E-state index in [0.29, 0.717) is 16.9 Å². The Morgan fingerprint density at radius 1 is 0.929 bits per heavy atom. The number of methoxy groups -OCH3 is 4. The van der Waals surface area contributed by atoms with Crippen molar-refractivity contribution in [2.24, 2.45) is 0 Å². The zero-order valence-electron chi connectivity index (χ0n) is 16.6. The molecule has 1 aliphatic carbocycles. The average molecular weight is 381 g/mol. The molecule has 6 heteroatoms. The van der Waals surface area contributed by atoms with Gasteiger partial charge in [0.05, 0.1) is 27.0 Å². The van der Waals surface area contributed by atoms with E-state index in [2.05, 4.69) is 0 Å². The summed E-state index contributed by atoms with van der Waals surface area (Å²) in [6.45, 7) is 0. The first-order valence-electron chi connectivity index (χ1n) is 8.89. The lowest BCUT2D eigenvalue weighted by atomic mass is 9.86. The van der Waals surface area contributed by atoms with Gasteiger partial charge in [0.25, 0.3) is 0 Å². The van der Waals surface area contributed by atoms with Crippen molar-refractivity contribution in [1.29, 1.82) is 0 Å². The van der Waals surface area contributed by atoms with Crippen molar-refractivity contribution in [2.75, 3.05) is 40.4 Å². The molecule has 0 spiro atoms. The van der Waals surface area contributed by atoms with Crippen LogP contribution in [-0.4, -0.2) is 46.7 Å². The molecule has 1 N–H and O–H groups in total. The van der Waals surface area contributed by atoms with E-state index in [9.17, 15) is 5.11 Å². The predicted octanol–water partition coefficient (Wildman–Crippen LogP) is 3.84. The topological polar surface area (TPSA) is 60.4 Å². The molecule has 1 heterocycles. The van der Waals surface area contributed by atoms with Crippen LogP contribution in [0.5, 0.6) is 17.2 Å². The Morgan fingerprint density at radius 3 is 2.21 bits per heavy atom. The molecule has 1 unspecified atom stereocenters. The third-order valence-corrected chi connectivity index (χ3v) is 5.26. The first kappa shape index (κ1) is 18.3. The molecule has 0 fully saturated rings. The van der Waals surface area contributed by atoms with E-state index >= 15 is 0 Å². The van der Waals surface area contributed by atoms with Crippen LogP contribution in [0.25, 0.3) is 16.3 Å². The number of nitrogens with zero attached hydrogens (tertiary/aromatic N) is 1. The molecule has 2 aromatic carbocycles. The molecule has 0 saturated heterocycles. The molecular weight excluding hydrogens is 358 g/mol. The van der Waals surface area contributed by atoms with Crippen LogP contribution < -0.4 is 14.4 Å². The normalized spacial score (nSPS) is 18.0. The zero-order valence-corrected chi connectivity index (χ0v) is 16.6. The van der Waals surface area contributed by atoms with E-state index in [0.717, 1.165) is 33.5 Å². The summed E-state index contributed by atoms with van der Waals surface area (Å²) in [4.78, 5) is 2.05. The van der Waals surface area contributed by atoms with Gasteiger partial charge in [0, 0.05) is 42.3 Å². The van der Waals surface area contributed by atoms with Crippen molar-refractivity contribution >= 4 is 22.0 Å². The standard InChI is InChI=1S/C22H23NO5/c1-23-11-12-6-18(25-2)19(26-3)8-13(12)15-7-17(24)14-9-20(27-4)21(28-5)10-16(14)22(15)23/h6-11,19,24H,1-5H3. The molecule has 146 valence electrons. The van der Waals surface area contributed by atoms with Gasteiger partial charge in [-0.1, -0.05) is 0 Å². The van der Waals surface area contributed by atoms with Gasteiger partial charge < -0.3 is 29.0 Å². The van der Waals surface area contributed by atoms with Crippen LogP contribution >= 0.6 is 0 Å². The number of fused-ring (bicyclic) bond motifs is 5. The summed E-state index contributed by atoms with van der Waals surface area (Å²) in [6, 6.07) is 5.49. The van der Waals surface area contributed by atoms with E-state index in [4.69, 9.17) is 18.9 Å². The second kappa shape index (κ2) is 6.80. The third-order valence-electron chi connectivity index (χ3n) is 5.26. The molecular formula is C22H23NO5. The van der Waals surface area contributed by atoms with Gasteiger partial charge in [-0.05, 0) is 35.9 Å². The highest BCUT2D eigenvalue weighted by molar-refractivity contribution is 6.08. The number of hydrogen-bond acceptors (Lipinski definition) is 6. The second-order valence-corrected chi connectivity index (χ2v) is 6.73. The molecule has 2 aromatic rings. The van der Waals surface area contributed by atoms with Gasteiger partial charge in [-0.3, -0.25) is 0 Å². The Bertz CT molecular complexity index is 1050. The number of aromatic hydroxyl groups is 1. The van der Waals surface area contributed by atoms with Crippen molar-refractivity contribution in [3.8, 4) is 17.2 Å². The Hall–Kier alpha value is -3.12. The summed E-state index contributed by atoms with van der Waals surface area (Å²) >= 11 is 0. The number of allylic oxidation sites excluding steroid dienone is 3. The highest BCUT2D eigenvalue weighted by Gasteiger charge is 2.29. The molecule has 0 amide bonds. The van der Waals surface area contributed by atoms with E-state index in [-0.39, 0.29) is 11.9 Å². The minimum Gasteiger partial charge on any atom is -0.507 e. The van der Waals surface area contributed by atoms with Gasteiger partial charge in [0.1, 0.15) is 17.6 Å². The fourth-order valence-corrected chi connectivity index (χ4v) is 3.93. The summed E-state index contributed by atoms with van der Waals surface area (Å²) in [5.74, 6) is 2.11.